The number of hydrogen-bond donors (Lipinski definition) is 1. The van der Waals surface area contributed by atoms with E-state index in [1.807, 2.05) is 29.6 Å². The van der Waals surface area contributed by atoms with Gasteiger partial charge in [0.15, 0.2) is 16.7 Å². The number of amides is 1. The molecular formula is C23H24N2O3S2. The highest BCUT2D eigenvalue weighted by molar-refractivity contribution is 7.22. The maximum atomic E-state index is 13.2. The Hall–Kier alpha value is -2.51. The Bertz CT molecular complexity index is 1170. The molecule has 30 heavy (non-hydrogen) atoms. The zero-order valence-corrected chi connectivity index (χ0v) is 19.2. The van der Waals surface area contributed by atoms with E-state index in [0.717, 1.165) is 15.1 Å². The minimum atomic E-state index is -0.727. The summed E-state index contributed by atoms with van der Waals surface area (Å²) in [6.45, 7) is 9.64. The van der Waals surface area contributed by atoms with Crippen LogP contribution in [0.5, 0.6) is 0 Å². The lowest BCUT2D eigenvalue weighted by atomic mass is 9.83. The molecule has 1 aliphatic rings. The average molecular weight is 441 g/mol. The summed E-state index contributed by atoms with van der Waals surface area (Å²) >= 11 is 2.86. The molecule has 156 valence electrons. The van der Waals surface area contributed by atoms with Gasteiger partial charge in [0.2, 0.25) is 0 Å². The highest BCUT2D eigenvalue weighted by Gasteiger charge is 2.48. The minimum Gasteiger partial charge on any atom is -0.503 e. The van der Waals surface area contributed by atoms with E-state index < -0.39 is 23.1 Å². The summed E-state index contributed by atoms with van der Waals surface area (Å²) in [5.41, 5.74) is 1.42. The Morgan fingerprint density at radius 1 is 1.23 bits per heavy atom. The lowest BCUT2D eigenvalue weighted by Crippen LogP contribution is -2.32. The summed E-state index contributed by atoms with van der Waals surface area (Å²) in [5, 5.41) is 13.1. The molecule has 3 heterocycles. The first-order chi connectivity index (χ1) is 14.1. The molecule has 3 aromatic rings. The number of carbonyl (C=O) groups excluding carboxylic acids is 2. The van der Waals surface area contributed by atoms with Gasteiger partial charge < -0.3 is 5.11 Å². The Kier molecular flexibility index (Phi) is 5.06. The van der Waals surface area contributed by atoms with E-state index in [1.54, 1.807) is 20.8 Å². The molecule has 2 aromatic heterocycles. The summed E-state index contributed by atoms with van der Waals surface area (Å²) in [5.74, 6) is -0.911. The quantitative estimate of drug-likeness (QED) is 0.540. The number of Topliss-reactive ketones (excluding diaryl/α,β-unsaturated/α-hetero) is 1. The Morgan fingerprint density at radius 3 is 2.57 bits per heavy atom. The molecule has 0 radical (unpaired) electrons. The second-order valence-corrected chi connectivity index (χ2v) is 10.8. The maximum absolute atomic E-state index is 13.2. The van der Waals surface area contributed by atoms with Crippen LogP contribution in [-0.2, 0) is 9.59 Å². The van der Waals surface area contributed by atoms with Crippen LogP contribution in [0.4, 0.5) is 5.13 Å². The van der Waals surface area contributed by atoms with Crippen LogP contribution in [0.2, 0.25) is 0 Å². The Balaban J connectivity index is 1.86. The number of benzene rings is 1. The molecule has 0 spiro atoms. The van der Waals surface area contributed by atoms with E-state index in [1.165, 1.54) is 33.1 Å². The van der Waals surface area contributed by atoms with Gasteiger partial charge in [-0.2, -0.15) is 0 Å². The number of carbonyl (C=O) groups is 2. The first-order valence-corrected chi connectivity index (χ1v) is 11.5. The Labute approximate surface area is 183 Å². The molecular weight excluding hydrogens is 416 g/mol. The van der Waals surface area contributed by atoms with Crippen molar-refractivity contribution in [3.63, 3.8) is 0 Å². The van der Waals surface area contributed by atoms with Crippen molar-refractivity contribution in [2.24, 2.45) is 5.41 Å². The SMILES string of the molecule is CC(C)c1ccc2nc(N3C(=O)C(O)=C(C(=O)C(C)(C)C)C3c3cccs3)sc2c1. The van der Waals surface area contributed by atoms with Gasteiger partial charge in [0.05, 0.1) is 15.8 Å². The van der Waals surface area contributed by atoms with E-state index in [4.69, 9.17) is 0 Å². The summed E-state index contributed by atoms with van der Waals surface area (Å²) in [6.07, 6.45) is 0. The lowest BCUT2D eigenvalue weighted by molar-refractivity contribution is -0.123. The number of ketones is 1. The molecule has 0 fully saturated rings. The van der Waals surface area contributed by atoms with Gasteiger partial charge in [0.25, 0.3) is 5.91 Å². The second kappa shape index (κ2) is 7.32. The highest BCUT2D eigenvalue weighted by Crippen LogP contribution is 2.46. The van der Waals surface area contributed by atoms with Crippen molar-refractivity contribution in [2.75, 3.05) is 4.90 Å². The smallest absolute Gasteiger partial charge is 0.296 e. The van der Waals surface area contributed by atoms with Gasteiger partial charge >= 0.3 is 0 Å². The minimum absolute atomic E-state index is 0.150. The summed E-state index contributed by atoms with van der Waals surface area (Å²) in [6, 6.07) is 9.19. The lowest BCUT2D eigenvalue weighted by Gasteiger charge is -2.26. The fourth-order valence-electron chi connectivity index (χ4n) is 3.55. The zero-order chi connectivity index (χ0) is 21.8. The van der Waals surface area contributed by atoms with E-state index in [9.17, 15) is 14.7 Å². The molecule has 0 bridgehead atoms. The van der Waals surface area contributed by atoms with Crippen LogP contribution in [0, 0.1) is 5.41 Å². The molecule has 5 nitrogen and oxygen atoms in total. The average Bonchev–Trinajstić information content (AvgIpc) is 3.38. The molecule has 1 amide bonds. The third kappa shape index (κ3) is 3.36. The molecule has 7 heteroatoms. The first kappa shape index (κ1) is 20.8. The summed E-state index contributed by atoms with van der Waals surface area (Å²) < 4.78 is 0.976. The van der Waals surface area contributed by atoms with Gasteiger partial charge in [0.1, 0.15) is 6.04 Å². The molecule has 4 rings (SSSR count). The van der Waals surface area contributed by atoms with Crippen molar-refractivity contribution in [2.45, 2.75) is 46.6 Å². The number of nitrogens with zero attached hydrogens (tertiary/aromatic N) is 2. The van der Waals surface area contributed by atoms with E-state index in [-0.39, 0.29) is 11.4 Å². The van der Waals surface area contributed by atoms with E-state index in [0.29, 0.717) is 11.0 Å². The molecule has 0 aliphatic carbocycles. The van der Waals surface area contributed by atoms with Crippen LogP contribution in [0.3, 0.4) is 0 Å². The fourth-order valence-corrected chi connectivity index (χ4v) is 5.41. The third-order valence-corrected chi connectivity index (χ3v) is 7.16. The van der Waals surface area contributed by atoms with Crippen molar-refractivity contribution in [3.8, 4) is 0 Å². The van der Waals surface area contributed by atoms with Crippen LogP contribution in [0.1, 0.15) is 57.0 Å². The van der Waals surface area contributed by atoms with Gasteiger partial charge in [-0.15, -0.1) is 11.3 Å². The predicted octanol–water partition coefficient (Wildman–Crippen LogP) is 6.00. The van der Waals surface area contributed by atoms with Crippen molar-refractivity contribution >= 4 is 49.7 Å². The number of thiophene rings is 1. The molecule has 0 saturated carbocycles. The summed E-state index contributed by atoms with van der Waals surface area (Å²) in [4.78, 5) is 33.3. The van der Waals surface area contributed by atoms with Crippen molar-refractivity contribution in [1.82, 2.24) is 4.98 Å². The van der Waals surface area contributed by atoms with Crippen LogP contribution >= 0.6 is 22.7 Å². The van der Waals surface area contributed by atoms with E-state index in [2.05, 4.69) is 24.9 Å². The van der Waals surface area contributed by atoms with Crippen LogP contribution in [-0.4, -0.2) is 21.8 Å². The standard InChI is InChI=1S/C23H24N2O3S2/c1-12(2)13-8-9-14-16(11-13)30-22(24-14)25-18(15-7-6-10-29-15)17(19(26)21(25)28)20(27)23(3,4)5/h6-12,18,26H,1-5H3. The fraction of sp³-hybridized carbons (Fsp3) is 0.348. The van der Waals surface area contributed by atoms with Gasteiger partial charge in [-0.05, 0) is 35.1 Å². The van der Waals surface area contributed by atoms with E-state index >= 15 is 0 Å². The molecule has 1 aliphatic heterocycles. The second-order valence-electron chi connectivity index (χ2n) is 8.81. The van der Waals surface area contributed by atoms with Gasteiger partial charge in [-0.3, -0.25) is 14.5 Å². The normalized spacial score (nSPS) is 17.6. The highest BCUT2D eigenvalue weighted by atomic mass is 32.1. The Morgan fingerprint density at radius 2 is 1.97 bits per heavy atom. The number of aromatic nitrogens is 1. The van der Waals surface area contributed by atoms with Crippen LogP contribution in [0.25, 0.3) is 10.2 Å². The predicted molar refractivity (Wildman–Crippen MR) is 122 cm³/mol. The molecule has 1 aromatic carbocycles. The van der Waals surface area contributed by atoms with Crippen LogP contribution in [0.15, 0.2) is 47.0 Å². The topological polar surface area (TPSA) is 70.5 Å². The zero-order valence-electron chi connectivity index (χ0n) is 17.6. The maximum Gasteiger partial charge on any atom is 0.296 e. The number of thiazole rings is 1. The number of hydrogen-bond acceptors (Lipinski definition) is 6. The number of anilines is 1. The number of fused-ring (bicyclic) bond motifs is 1. The van der Waals surface area contributed by atoms with Gasteiger partial charge in [0, 0.05) is 10.3 Å². The van der Waals surface area contributed by atoms with Gasteiger partial charge in [-0.1, -0.05) is 58.1 Å². The molecule has 1 atom stereocenters. The van der Waals surface area contributed by atoms with Crippen molar-refractivity contribution in [3.05, 3.63) is 57.5 Å². The number of rotatable bonds is 4. The first-order valence-electron chi connectivity index (χ1n) is 9.85. The van der Waals surface area contributed by atoms with Crippen LogP contribution < -0.4 is 4.90 Å². The van der Waals surface area contributed by atoms with Gasteiger partial charge in [-0.25, -0.2) is 4.98 Å². The van der Waals surface area contributed by atoms with Crippen molar-refractivity contribution < 1.29 is 14.7 Å². The molecule has 1 unspecified atom stereocenters. The molecule has 0 saturated heterocycles. The monoisotopic (exact) mass is 440 g/mol. The third-order valence-electron chi connectivity index (χ3n) is 5.22. The van der Waals surface area contributed by atoms with Crippen molar-refractivity contribution in [1.29, 1.82) is 0 Å². The summed E-state index contributed by atoms with van der Waals surface area (Å²) in [7, 11) is 0. The molecule has 1 N–H and O–H groups in total. The largest absolute Gasteiger partial charge is 0.503 e. The number of aliphatic hydroxyl groups is 1. The number of aliphatic hydroxyl groups excluding tert-OH is 1.